The van der Waals surface area contributed by atoms with Crippen LogP contribution in [0.15, 0.2) is 12.2 Å². The van der Waals surface area contributed by atoms with E-state index in [0.29, 0.717) is 13.0 Å². The summed E-state index contributed by atoms with van der Waals surface area (Å²) < 4.78 is 59.3. The number of allylic oxidation sites excluding steroid dienone is 2. The van der Waals surface area contributed by atoms with Gasteiger partial charge < -0.3 is 34.3 Å². The molecule has 1 rings (SSSR count). The second-order valence-corrected chi connectivity index (χ2v) is 19.2. The van der Waals surface area contributed by atoms with Gasteiger partial charge >= 0.3 is 16.4 Å². The monoisotopic (exact) mass is 921 g/mol. The SMILES string of the molecule is CCCCCCCCC/C=C\CCCCCCCCCCOCC(COC1OC(CO)C(O)C(OS(=O)(=O)O)C1O)OC(=O)CCCCCCCCCCCCCCCCCCC. The lowest BCUT2D eigenvalue weighted by molar-refractivity contribution is -0.301. The molecule has 0 aromatic rings. The van der Waals surface area contributed by atoms with Gasteiger partial charge in [-0.2, -0.15) is 8.42 Å². The molecule has 0 spiro atoms. The van der Waals surface area contributed by atoms with Crippen molar-refractivity contribution >= 4 is 16.4 Å². The third kappa shape index (κ3) is 35.7. The third-order valence-corrected chi connectivity index (χ3v) is 12.6. The lowest BCUT2D eigenvalue weighted by Crippen LogP contribution is -2.60. The minimum absolute atomic E-state index is 0.0398. The first-order valence-corrected chi connectivity index (χ1v) is 27.3. The van der Waals surface area contributed by atoms with Crippen molar-refractivity contribution in [2.75, 3.05) is 26.4 Å². The standard InChI is InChI=1S/C50H96O12S/c1-3-5-7-9-11-13-15-17-19-21-22-24-26-28-30-32-34-36-38-40-58-42-44(43-59-50-48(54)49(62-63(55,56)57)47(53)45(41-51)61-50)60-46(52)39-37-35-33-31-29-27-25-23-20-18-16-14-12-10-8-6-4-2/h19,21,44-45,47-51,53-54H,3-18,20,22-43H2,1-2H3,(H,55,56,57)/b21-19-. The molecule has 1 saturated heterocycles. The Morgan fingerprint density at radius 3 is 1.43 bits per heavy atom. The molecule has 63 heavy (non-hydrogen) atoms. The Bertz CT molecular complexity index is 1150. The van der Waals surface area contributed by atoms with Crippen LogP contribution in [0.25, 0.3) is 0 Å². The van der Waals surface area contributed by atoms with Gasteiger partial charge in [-0.05, 0) is 38.5 Å². The molecule has 6 atom stereocenters. The first kappa shape index (κ1) is 59.9. The normalized spacial score (nSPS) is 19.9. The first-order chi connectivity index (χ1) is 30.6. The van der Waals surface area contributed by atoms with Gasteiger partial charge in [0.1, 0.15) is 30.5 Å². The number of esters is 1. The molecule has 374 valence electrons. The molecule has 6 unspecified atom stereocenters. The highest BCUT2D eigenvalue weighted by Gasteiger charge is 2.48. The lowest BCUT2D eigenvalue weighted by atomic mass is 9.99. The van der Waals surface area contributed by atoms with Crippen molar-refractivity contribution in [2.45, 2.75) is 275 Å². The van der Waals surface area contributed by atoms with Gasteiger partial charge in [0, 0.05) is 13.0 Å². The summed E-state index contributed by atoms with van der Waals surface area (Å²) in [6.07, 6.45) is 38.1. The summed E-state index contributed by atoms with van der Waals surface area (Å²) in [4.78, 5) is 12.9. The minimum Gasteiger partial charge on any atom is -0.457 e. The van der Waals surface area contributed by atoms with Crippen LogP contribution in [0.3, 0.4) is 0 Å². The van der Waals surface area contributed by atoms with Crippen LogP contribution in [0, 0.1) is 0 Å². The summed E-state index contributed by atoms with van der Waals surface area (Å²) >= 11 is 0. The molecular weight excluding hydrogens is 825 g/mol. The average Bonchev–Trinajstić information content (AvgIpc) is 3.26. The fourth-order valence-electron chi connectivity index (χ4n) is 8.20. The minimum atomic E-state index is -5.06. The Kier molecular flexibility index (Phi) is 40.1. The molecule has 12 nitrogen and oxygen atoms in total. The number of aliphatic hydroxyl groups excluding tert-OH is 3. The molecule has 0 saturated carbocycles. The van der Waals surface area contributed by atoms with Crippen molar-refractivity contribution in [3.63, 3.8) is 0 Å². The molecule has 0 bridgehead atoms. The smallest absolute Gasteiger partial charge is 0.397 e. The van der Waals surface area contributed by atoms with Crippen molar-refractivity contribution in [2.24, 2.45) is 0 Å². The maximum atomic E-state index is 12.9. The molecule has 0 aromatic heterocycles. The highest BCUT2D eigenvalue weighted by atomic mass is 32.3. The summed E-state index contributed by atoms with van der Waals surface area (Å²) in [5, 5.41) is 30.7. The van der Waals surface area contributed by atoms with Gasteiger partial charge in [-0.15, -0.1) is 0 Å². The first-order valence-electron chi connectivity index (χ1n) is 25.9. The van der Waals surface area contributed by atoms with Crippen LogP contribution < -0.4 is 0 Å². The lowest BCUT2D eigenvalue weighted by Gasteiger charge is -2.41. The molecule has 0 aromatic carbocycles. The van der Waals surface area contributed by atoms with E-state index in [9.17, 15) is 33.1 Å². The zero-order valence-electron chi connectivity index (χ0n) is 40.2. The number of unbranched alkanes of at least 4 members (excludes halogenated alkanes) is 31. The van der Waals surface area contributed by atoms with Crippen LogP contribution in [0.2, 0.25) is 0 Å². The predicted molar refractivity (Wildman–Crippen MR) is 253 cm³/mol. The summed E-state index contributed by atoms with van der Waals surface area (Å²) in [5.74, 6) is -0.394. The quantitative estimate of drug-likeness (QED) is 0.0197. The van der Waals surface area contributed by atoms with Gasteiger partial charge in [-0.25, -0.2) is 4.18 Å². The van der Waals surface area contributed by atoms with E-state index in [4.69, 9.17) is 18.9 Å². The Balaban J connectivity index is 2.35. The van der Waals surface area contributed by atoms with Crippen molar-refractivity contribution < 1.29 is 56.2 Å². The zero-order chi connectivity index (χ0) is 46.1. The molecule has 0 radical (unpaired) electrons. The van der Waals surface area contributed by atoms with E-state index in [-0.39, 0.29) is 19.6 Å². The van der Waals surface area contributed by atoms with Gasteiger partial charge in [-0.3, -0.25) is 9.35 Å². The molecule has 1 heterocycles. The average molecular weight is 921 g/mol. The second-order valence-electron chi connectivity index (χ2n) is 18.1. The number of carbonyl (C=O) groups excluding carboxylic acids is 1. The van der Waals surface area contributed by atoms with Crippen LogP contribution in [0.1, 0.15) is 239 Å². The Morgan fingerprint density at radius 2 is 1.00 bits per heavy atom. The highest BCUT2D eigenvalue weighted by molar-refractivity contribution is 7.80. The fourth-order valence-corrected chi connectivity index (χ4v) is 8.71. The number of rotatable bonds is 46. The number of carbonyl (C=O) groups is 1. The molecule has 4 N–H and O–H groups in total. The van der Waals surface area contributed by atoms with Gasteiger partial charge in [-0.1, -0.05) is 206 Å². The number of aliphatic hydroxyl groups is 3. The van der Waals surface area contributed by atoms with Crippen LogP contribution in [-0.4, -0.2) is 97.5 Å². The Labute approximate surface area is 385 Å². The maximum absolute atomic E-state index is 12.9. The number of hydrogen-bond donors (Lipinski definition) is 4. The third-order valence-electron chi connectivity index (χ3n) is 12.1. The molecule has 0 amide bonds. The predicted octanol–water partition coefficient (Wildman–Crippen LogP) is 11.8. The highest BCUT2D eigenvalue weighted by Crippen LogP contribution is 2.26. The van der Waals surface area contributed by atoms with E-state index in [0.717, 1.165) is 38.5 Å². The van der Waals surface area contributed by atoms with Crippen molar-refractivity contribution in [1.82, 2.24) is 0 Å². The van der Waals surface area contributed by atoms with Crippen LogP contribution in [-0.2, 0) is 38.3 Å². The summed E-state index contributed by atoms with van der Waals surface area (Å²) in [6, 6.07) is 0. The maximum Gasteiger partial charge on any atom is 0.397 e. The van der Waals surface area contributed by atoms with E-state index in [1.54, 1.807) is 0 Å². The van der Waals surface area contributed by atoms with Gasteiger partial charge in [0.25, 0.3) is 0 Å². The fraction of sp³-hybridized carbons (Fsp3) is 0.940. The summed E-state index contributed by atoms with van der Waals surface area (Å²) in [6.45, 7) is 4.03. The van der Waals surface area contributed by atoms with Crippen molar-refractivity contribution in [1.29, 1.82) is 0 Å². The van der Waals surface area contributed by atoms with E-state index >= 15 is 0 Å². The number of hydrogen-bond acceptors (Lipinski definition) is 11. The van der Waals surface area contributed by atoms with Crippen molar-refractivity contribution in [3.8, 4) is 0 Å². The topological polar surface area (TPSA) is 178 Å². The summed E-state index contributed by atoms with van der Waals surface area (Å²) in [7, 11) is -5.06. The van der Waals surface area contributed by atoms with Crippen LogP contribution in [0.5, 0.6) is 0 Å². The van der Waals surface area contributed by atoms with Crippen LogP contribution in [0.4, 0.5) is 0 Å². The number of ether oxygens (including phenoxy) is 4. The molecule has 1 fully saturated rings. The Morgan fingerprint density at radius 1 is 0.587 bits per heavy atom. The van der Waals surface area contributed by atoms with E-state index in [1.807, 2.05) is 0 Å². The van der Waals surface area contributed by atoms with Gasteiger partial charge in [0.15, 0.2) is 6.29 Å². The van der Waals surface area contributed by atoms with E-state index < -0.39 is 59.8 Å². The van der Waals surface area contributed by atoms with E-state index in [2.05, 4.69) is 30.2 Å². The van der Waals surface area contributed by atoms with E-state index in [1.165, 1.54) is 173 Å². The molecule has 1 aliphatic rings. The largest absolute Gasteiger partial charge is 0.457 e. The molecule has 1 aliphatic heterocycles. The summed E-state index contributed by atoms with van der Waals surface area (Å²) in [5.41, 5.74) is 0. The Hall–Kier alpha value is -1.16. The molecular formula is C50H96O12S. The van der Waals surface area contributed by atoms with Crippen molar-refractivity contribution in [3.05, 3.63) is 12.2 Å². The zero-order valence-corrected chi connectivity index (χ0v) is 41.0. The molecule has 0 aliphatic carbocycles. The second kappa shape index (κ2) is 42.2. The van der Waals surface area contributed by atoms with Gasteiger partial charge in [0.2, 0.25) is 0 Å². The van der Waals surface area contributed by atoms with Gasteiger partial charge in [0.05, 0.1) is 19.8 Å². The molecule has 13 heteroatoms. The van der Waals surface area contributed by atoms with Crippen LogP contribution >= 0.6 is 0 Å².